The van der Waals surface area contributed by atoms with E-state index < -0.39 is 11.2 Å². The highest BCUT2D eigenvalue weighted by molar-refractivity contribution is 5.67. The molecule has 5 nitrogen and oxygen atoms in total. The van der Waals surface area contributed by atoms with Crippen molar-refractivity contribution in [2.24, 2.45) is 0 Å². The van der Waals surface area contributed by atoms with Crippen molar-refractivity contribution in [3.63, 3.8) is 0 Å². The van der Waals surface area contributed by atoms with Gasteiger partial charge in [0.15, 0.2) is 0 Å². The Labute approximate surface area is 97.0 Å². The fraction of sp³-hybridized carbons (Fsp3) is 0.167. The molecule has 0 radical (unpaired) electrons. The van der Waals surface area contributed by atoms with E-state index in [0.717, 1.165) is 4.57 Å². The first-order valence-electron chi connectivity index (χ1n) is 5.26. The average molecular weight is 232 g/mol. The topological polar surface area (TPSA) is 75.1 Å². The molecule has 0 amide bonds. The zero-order valence-corrected chi connectivity index (χ0v) is 9.30. The summed E-state index contributed by atoms with van der Waals surface area (Å²) in [5.41, 5.74) is -0.487. The van der Waals surface area contributed by atoms with Crippen molar-refractivity contribution in [2.45, 2.75) is 13.5 Å². The monoisotopic (exact) mass is 232 g/mol. The molecule has 1 heterocycles. The van der Waals surface area contributed by atoms with Crippen molar-refractivity contribution >= 4 is 0 Å². The van der Waals surface area contributed by atoms with Crippen LogP contribution in [0.15, 0.2) is 39.9 Å². The van der Waals surface area contributed by atoms with Crippen LogP contribution >= 0.6 is 0 Å². The summed E-state index contributed by atoms with van der Waals surface area (Å²) < 4.78 is 1.11. The zero-order chi connectivity index (χ0) is 12.4. The lowest BCUT2D eigenvalue weighted by atomic mass is 10.1. The Balaban J connectivity index is 2.80. The van der Waals surface area contributed by atoms with Gasteiger partial charge in [0.25, 0.3) is 5.56 Å². The number of aromatic amines is 1. The van der Waals surface area contributed by atoms with Gasteiger partial charge in [-0.15, -0.1) is 0 Å². The van der Waals surface area contributed by atoms with Gasteiger partial charge in [-0.1, -0.05) is 30.3 Å². The third-order valence-electron chi connectivity index (χ3n) is 2.55. The predicted molar refractivity (Wildman–Crippen MR) is 64.1 cm³/mol. The van der Waals surface area contributed by atoms with E-state index in [0.29, 0.717) is 12.1 Å². The fourth-order valence-corrected chi connectivity index (χ4v) is 1.72. The summed E-state index contributed by atoms with van der Waals surface area (Å²) in [6, 6.07) is 8.74. The molecule has 2 N–H and O–H groups in total. The predicted octanol–water partition coefficient (Wildman–Crippen LogP) is 0.929. The number of hydrogen-bond acceptors (Lipinski definition) is 3. The SMILES string of the molecule is CCn1c(O)c(-c2ccccc2)c(=O)[nH]c1=O. The minimum Gasteiger partial charge on any atom is -0.494 e. The van der Waals surface area contributed by atoms with Crippen LogP contribution in [0, 0.1) is 0 Å². The summed E-state index contributed by atoms with van der Waals surface area (Å²) in [6.45, 7) is 2.01. The normalized spacial score (nSPS) is 10.4. The first kappa shape index (κ1) is 11.2. The van der Waals surface area contributed by atoms with Crippen LogP contribution in [-0.4, -0.2) is 14.7 Å². The maximum atomic E-state index is 11.7. The number of nitrogens with zero attached hydrogens (tertiary/aromatic N) is 1. The number of benzene rings is 1. The van der Waals surface area contributed by atoms with Crippen LogP contribution in [-0.2, 0) is 6.54 Å². The zero-order valence-electron chi connectivity index (χ0n) is 9.30. The molecule has 0 atom stereocenters. The van der Waals surface area contributed by atoms with Crippen molar-refractivity contribution in [1.82, 2.24) is 9.55 Å². The molecule has 0 unspecified atom stereocenters. The van der Waals surface area contributed by atoms with Gasteiger partial charge < -0.3 is 5.11 Å². The molecule has 0 fully saturated rings. The number of hydrogen-bond donors (Lipinski definition) is 2. The van der Waals surface area contributed by atoms with Gasteiger partial charge >= 0.3 is 5.69 Å². The summed E-state index contributed by atoms with van der Waals surface area (Å²) in [4.78, 5) is 25.3. The number of aromatic hydroxyl groups is 1. The van der Waals surface area contributed by atoms with E-state index in [1.54, 1.807) is 31.2 Å². The van der Waals surface area contributed by atoms with Crippen molar-refractivity contribution in [1.29, 1.82) is 0 Å². The van der Waals surface area contributed by atoms with Crippen LogP contribution in [0.5, 0.6) is 5.88 Å². The number of H-pyrrole nitrogens is 1. The maximum absolute atomic E-state index is 11.7. The van der Waals surface area contributed by atoms with E-state index in [2.05, 4.69) is 4.98 Å². The molecule has 5 heteroatoms. The maximum Gasteiger partial charge on any atom is 0.331 e. The number of aromatic nitrogens is 2. The highest BCUT2D eigenvalue weighted by atomic mass is 16.3. The van der Waals surface area contributed by atoms with E-state index in [1.165, 1.54) is 0 Å². The van der Waals surface area contributed by atoms with Crippen LogP contribution in [0.25, 0.3) is 11.1 Å². The standard InChI is InChI=1S/C12H12N2O3/c1-2-14-11(16)9(10(15)13-12(14)17)8-6-4-3-5-7-8/h3-7,16H,2H2,1H3,(H,13,15,17). The average Bonchev–Trinajstić information content (AvgIpc) is 2.30. The Hall–Kier alpha value is -2.30. The van der Waals surface area contributed by atoms with Gasteiger partial charge in [0.2, 0.25) is 5.88 Å². The molecule has 0 aliphatic carbocycles. The first-order valence-corrected chi connectivity index (χ1v) is 5.26. The number of nitrogens with one attached hydrogen (secondary N) is 1. The summed E-state index contributed by atoms with van der Waals surface area (Å²) >= 11 is 0. The summed E-state index contributed by atoms with van der Waals surface area (Å²) in [7, 11) is 0. The Morgan fingerprint density at radius 2 is 1.88 bits per heavy atom. The van der Waals surface area contributed by atoms with Gasteiger partial charge in [-0.3, -0.25) is 14.3 Å². The molecule has 17 heavy (non-hydrogen) atoms. The van der Waals surface area contributed by atoms with Gasteiger partial charge in [0, 0.05) is 6.54 Å². The Bertz CT molecular complexity index is 641. The van der Waals surface area contributed by atoms with Gasteiger partial charge in [-0.25, -0.2) is 4.79 Å². The molecule has 2 rings (SSSR count). The Morgan fingerprint density at radius 1 is 1.24 bits per heavy atom. The highest BCUT2D eigenvalue weighted by Crippen LogP contribution is 2.23. The molecule has 1 aromatic heterocycles. The van der Waals surface area contributed by atoms with E-state index in [-0.39, 0.29) is 11.4 Å². The third-order valence-corrected chi connectivity index (χ3v) is 2.55. The van der Waals surface area contributed by atoms with Crippen molar-refractivity contribution < 1.29 is 5.11 Å². The number of rotatable bonds is 2. The van der Waals surface area contributed by atoms with Crippen LogP contribution < -0.4 is 11.2 Å². The van der Waals surface area contributed by atoms with E-state index in [4.69, 9.17) is 0 Å². The summed E-state index contributed by atoms with van der Waals surface area (Å²) in [5, 5.41) is 9.95. The molecule has 0 saturated heterocycles. The molecule has 0 spiro atoms. The lowest BCUT2D eigenvalue weighted by molar-refractivity contribution is 0.408. The largest absolute Gasteiger partial charge is 0.494 e. The Morgan fingerprint density at radius 3 is 2.47 bits per heavy atom. The lowest BCUT2D eigenvalue weighted by Crippen LogP contribution is -2.30. The van der Waals surface area contributed by atoms with Crippen LogP contribution in [0.1, 0.15) is 6.92 Å². The molecule has 0 aliphatic rings. The van der Waals surface area contributed by atoms with Crippen LogP contribution in [0.2, 0.25) is 0 Å². The molecule has 88 valence electrons. The molecular weight excluding hydrogens is 220 g/mol. The highest BCUT2D eigenvalue weighted by Gasteiger charge is 2.14. The second kappa shape index (κ2) is 4.29. The molecule has 2 aromatic rings. The smallest absolute Gasteiger partial charge is 0.331 e. The molecule has 0 saturated carbocycles. The quantitative estimate of drug-likeness (QED) is 0.808. The minimum absolute atomic E-state index is 0.118. The Kier molecular flexibility index (Phi) is 2.82. The third kappa shape index (κ3) is 1.87. The van der Waals surface area contributed by atoms with E-state index in [1.807, 2.05) is 6.07 Å². The van der Waals surface area contributed by atoms with Gasteiger partial charge in [-0.2, -0.15) is 0 Å². The lowest BCUT2D eigenvalue weighted by Gasteiger charge is -2.09. The van der Waals surface area contributed by atoms with Crippen LogP contribution in [0.4, 0.5) is 0 Å². The van der Waals surface area contributed by atoms with Crippen molar-refractivity contribution in [2.75, 3.05) is 0 Å². The van der Waals surface area contributed by atoms with Crippen molar-refractivity contribution in [3.05, 3.63) is 51.2 Å². The van der Waals surface area contributed by atoms with Crippen LogP contribution in [0.3, 0.4) is 0 Å². The first-order chi connectivity index (χ1) is 8.15. The molecule has 0 bridgehead atoms. The second-order valence-electron chi connectivity index (χ2n) is 3.57. The summed E-state index contributed by atoms with van der Waals surface area (Å²) in [6.07, 6.45) is 0. The molecule has 0 aliphatic heterocycles. The van der Waals surface area contributed by atoms with Gasteiger partial charge in [-0.05, 0) is 12.5 Å². The van der Waals surface area contributed by atoms with E-state index >= 15 is 0 Å². The molecule has 1 aromatic carbocycles. The second-order valence-corrected chi connectivity index (χ2v) is 3.57. The van der Waals surface area contributed by atoms with Crippen molar-refractivity contribution in [3.8, 4) is 17.0 Å². The van der Waals surface area contributed by atoms with E-state index in [9.17, 15) is 14.7 Å². The molecular formula is C12H12N2O3. The summed E-state index contributed by atoms with van der Waals surface area (Å²) in [5.74, 6) is -0.299. The van der Waals surface area contributed by atoms with Gasteiger partial charge in [0.1, 0.15) is 5.56 Å². The minimum atomic E-state index is -0.602. The van der Waals surface area contributed by atoms with Gasteiger partial charge in [0.05, 0.1) is 0 Å². The fourth-order valence-electron chi connectivity index (χ4n) is 1.72.